The molecule has 14 heavy (non-hydrogen) atoms. The van der Waals surface area contributed by atoms with Gasteiger partial charge in [0.25, 0.3) is 0 Å². The third-order valence-electron chi connectivity index (χ3n) is 1.78. The monoisotopic (exact) mass is 198 g/mol. The van der Waals surface area contributed by atoms with Gasteiger partial charge in [-0.1, -0.05) is 0 Å². The summed E-state index contributed by atoms with van der Waals surface area (Å²) in [6, 6.07) is -0.216. The number of urea groups is 1. The lowest BCUT2D eigenvalue weighted by molar-refractivity contribution is 0.186. The number of hydrogen-bond donors (Lipinski definition) is 3. The van der Waals surface area contributed by atoms with Gasteiger partial charge in [0, 0.05) is 18.8 Å². The van der Waals surface area contributed by atoms with Crippen molar-refractivity contribution in [1.29, 1.82) is 0 Å². The zero-order valence-electron chi connectivity index (χ0n) is 9.09. The summed E-state index contributed by atoms with van der Waals surface area (Å²) in [5.74, 6) is -0.957. The van der Waals surface area contributed by atoms with Crippen molar-refractivity contribution in [2.45, 2.75) is 32.1 Å². The van der Waals surface area contributed by atoms with Gasteiger partial charge in [-0.2, -0.15) is 0 Å². The van der Waals surface area contributed by atoms with E-state index in [0.717, 1.165) is 0 Å². The van der Waals surface area contributed by atoms with Gasteiger partial charge in [-0.25, -0.2) is 4.79 Å². The van der Waals surface area contributed by atoms with E-state index < -0.39 is 5.79 Å². The Bertz CT molecular complexity index is 268. The maximum Gasteiger partial charge on any atom is 0.323 e. The van der Waals surface area contributed by atoms with Crippen molar-refractivity contribution in [3.63, 3.8) is 0 Å². The number of carbonyl (C=O) groups is 1. The Morgan fingerprint density at radius 3 is 2.57 bits per heavy atom. The van der Waals surface area contributed by atoms with Crippen molar-refractivity contribution in [2.75, 3.05) is 7.05 Å². The van der Waals surface area contributed by atoms with Crippen LogP contribution in [0.15, 0.2) is 12.3 Å². The van der Waals surface area contributed by atoms with Crippen LogP contribution in [-0.4, -0.2) is 29.3 Å². The first-order valence-electron chi connectivity index (χ1n) is 4.54. The fourth-order valence-electron chi connectivity index (χ4n) is 1.30. The number of nitrogens with one attached hydrogen (secondary N) is 2. The lowest BCUT2D eigenvalue weighted by atomic mass is 10.1. The molecule has 0 radical (unpaired) electrons. The molecule has 4 N–H and O–H groups in total. The zero-order valence-corrected chi connectivity index (χ0v) is 9.09. The molecule has 0 saturated heterocycles. The van der Waals surface area contributed by atoms with Crippen LogP contribution in [0, 0.1) is 0 Å². The number of nitrogens with zero attached hydrogens (tertiary/aromatic N) is 1. The van der Waals surface area contributed by atoms with Crippen LogP contribution in [-0.2, 0) is 0 Å². The molecule has 0 saturated carbocycles. The summed E-state index contributed by atoms with van der Waals surface area (Å²) in [5.41, 5.74) is 5.78. The highest BCUT2D eigenvalue weighted by atomic mass is 16.2. The van der Waals surface area contributed by atoms with Gasteiger partial charge >= 0.3 is 6.03 Å². The number of hydrogen-bond acceptors (Lipinski definition) is 3. The largest absolute Gasteiger partial charge is 0.323 e. The summed E-state index contributed by atoms with van der Waals surface area (Å²) >= 11 is 0. The summed E-state index contributed by atoms with van der Waals surface area (Å²) in [5, 5.41) is 5.78. The van der Waals surface area contributed by atoms with Crippen LogP contribution in [0.1, 0.15) is 20.8 Å². The maximum atomic E-state index is 11.3. The van der Waals surface area contributed by atoms with Crippen LogP contribution in [0.25, 0.3) is 0 Å². The van der Waals surface area contributed by atoms with Crippen molar-refractivity contribution in [3.05, 3.63) is 12.3 Å². The summed E-state index contributed by atoms with van der Waals surface area (Å²) in [6.07, 6.45) is 3.37. The fraction of sp³-hybridized carbons (Fsp3) is 0.667. The van der Waals surface area contributed by atoms with E-state index in [2.05, 4.69) is 10.6 Å². The second kappa shape index (κ2) is 3.25. The zero-order chi connectivity index (χ0) is 11.0. The van der Waals surface area contributed by atoms with E-state index in [1.54, 1.807) is 19.3 Å². The number of nitrogens with two attached hydrogens (primary N) is 1. The van der Waals surface area contributed by atoms with Gasteiger partial charge in [0.1, 0.15) is 0 Å². The lowest BCUT2D eigenvalue weighted by Crippen LogP contribution is -2.71. The van der Waals surface area contributed by atoms with Gasteiger partial charge in [-0.05, 0) is 26.8 Å². The molecule has 0 fully saturated rings. The molecule has 1 aliphatic heterocycles. The molecule has 0 bridgehead atoms. The lowest BCUT2D eigenvalue weighted by Gasteiger charge is -2.39. The van der Waals surface area contributed by atoms with E-state index in [0.29, 0.717) is 0 Å². The molecular weight excluding hydrogens is 180 g/mol. The topological polar surface area (TPSA) is 70.4 Å². The van der Waals surface area contributed by atoms with Gasteiger partial charge in [0.15, 0.2) is 5.79 Å². The van der Waals surface area contributed by atoms with E-state index in [4.69, 9.17) is 5.73 Å². The number of amides is 2. The summed E-state index contributed by atoms with van der Waals surface area (Å²) in [6.45, 7) is 5.96. The molecule has 80 valence electrons. The first kappa shape index (κ1) is 11.0. The van der Waals surface area contributed by atoms with Crippen molar-refractivity contribution >= 4 is 6.03 Å². The van der Waals surface area contributed by atoms with Crippen LogP contribution in [0.2, 0.25) is 0 Å². The minimum absolute atomic E-state index is 0.164. The fourth-order valence-corrected chi connectivity index (χ4v) is 1.30. The first-order chi connectivity index (χ1) is 6.22. The molecule has 5 nitrogen and oxygen atoms in total. The molecule has 2 amide bonds. The van der Waals surface area contributed by atoms with E-state index in [-0.39, 0.29) is 11.6 Å². The molecule has 1 atom stereocenters. The Morgan fingerprint density at radius 1 is 1.57 bits per heavy atom. The van der Waals surface area contributed by atoms with E-state index in [9.17, 15) is 4.79 Å². The minimum Gasteiger partial charge on any atom is -0.304 e. The second-order valence-corrected chi connectivity index (χ2v) is 4.60. The molecule has 0 aromatic carbocycles. The predicted octanol–water partition coefficient (Wildman–Crippen LogP) is 0.156. The van der Waals surface area contributed by atoms with Crippen molar-refractivity contribution in [1.82, 2.24) is 15.5 Å². The molecule has 0 spiro atoms. The highest BCUT2D eigenvalue weighted by Gasteiger charge is 2.32. The highest BCUT2D eigenvalue weighted by molar-refractivity contribution is 5.77. The van der Waals surface area contributed by atoms with Gasteiger partial charge in [0.2, 0.25) is 0 Å². The molecule has 1 aliphatic rings. The molecule has 0 aromatic heterocycles. The van der Waals surface area contributed by atoms with Gasteiger partial charge in [-0.15, -0.1) is 0 Å². The van der Waals surface area contributed by atoms with Crippen LogP contribution in [0.5, 0.6) is 0 Å². The Balaban J connectivity index is 2.77. The van der Waals surface area contributed by atoms with Crippen LogP contribution in [0.3, 0.4) is 0 Å². The third-order valence-corrected chi connectivity index (χ3v) is 1.78. The molecule has 1 rings (SSSR count). The van der Waals surface area contributed by atoms with E-state index in [1.807, 2.05) is 20.8 Å². The van der Waals surface area contributed by atoms with Crippen LogP contribution in [0.4, 0.5) is 4.79 Å². The molecule has 0 aromatic rings. The average Bonchev–Trinajstić information content (AvgIpc) is 1.94. The average molecular weight is 198 g/mol. The first-order valence-corrected chi connectivity index (χ1v) is 4.54. The van der Waals surface area contributed by atoms with E-state index in [1.165, 1.54) is 4.90 Å². The van der Waals surface area contributed by atoms with Crippen molar-refractivity contribution in [3.8, 4) is 0 Å². The highest BCUT2D eigenvalue weighted by Crippen LogP contribution is 2.09. The van der Waals surface area contributed by atoms with Gasteiger partial charge < -0.3 is 10.2 Å². The predicted molar refractivity (Wildman–Crippen MR) is 55.2 cm³/mol. The molecular formula is C9H18N4O. The van der Waals surface area contributed by atoms with E-state index >= 15 is 0 Å². The van der Waals surface area contributed by atoms with Crippen molar-refractivity contribution < 1.29 is 4.79 Å². The molecule has 5 heteroatoms. The summed E-state index contributed by atoms with van der Waals surface area (Å²) < 4.78 is 0. The smallest absolute Gasteiger partial charge is 0.304 e. The maximum absolute atomic E-state index is 11.3. The summed E-state index contributed by atoms with van der Waals surface area (Å²) in [7, 11) is 1.67. The Labute approximate surface area is 84.3 Å². The van der Waals surface area contributed by atoms with Crippen LogP contribution >= 0.6 is 0 Å². The molecule has 1 unspecified atom stereocenters. The minimum atomic E-state index is -0.957. The molecule has 0 aliphatic carbocycles. The van der Waals surface area contributed by atoms with Crippen molar-refractivity contribution in [2.24, 2.45) is 5.73 Å². The normalized spacial score (nSPS) is 27.8. The van der Waals surface area contributed by atoms with Gasteiger partial charge in [0.05, 0.1) is 0 Å². The Morgan fingerprint density at radius 2 is 2.14 bits per heavy atom. The quantitative estimate of drug-likeness (QED) is 0.525. The Kier molecular flexibility index (Phi) is 2.56. The third kappa shape index (κ3) is 2.71. The van der Waals surface area contributed by atoms with Crippen LogP contribution < -0.4 is 16.4 Å². The second-order valence-electron chi connectivity index (χ2n) is 4.60. The Hall–Kier alpha value is -1.07. The molecule has 1 heterocycles. The standard InChI is InChI=1S/C9H18N4O/c1-8(2,3)12-9(10)5-6-13(4)7(14)11-9/h5-6,12H,10H2,1-4H3,(H,11,14). The SMILES string of the molecule is CN1C=CC(N)(NC(C)(C)C)NC1=O. The number of rotatable bonds is 1. The van der Waals surface area contributed by atoms with Gasteiger partial charge in [-0.3, -0.25) is 11.1 Å². The number of carbonyl (C=O) groups excluding carboxylic acids is 1. The summed E-state index contributed by atoms with van der Waals surface area (Å²) in [4.78, 5) is 12.8.